The molecule has 0 aromatic heterocycles. The van der Waals surface area contributed by atoms with Crippen molar-refractivity contribution in [2.75, 3.05) is 7.11 Å². The molecule has 5 heteroatoms. The Hall–Kier alpha value is -3.99. The van der Waals surface area contributed by atoms with Crippen LogP contribution in [0.3, 0.4) is 0 Å². The van der Waals surface area contributed by atoms with Gasteiger partial charge in [0.25, 0.3) is 0 Å². The molecular weight excluding hydrogens is 380 g/mol. The minimum atomic E-state index is -0.442. The Balaban J connectivity index is 1.63. The number of methoxy groups -OCH3 is 1. The number of hydrogen-bond acceptors (Lipinski definition) is 5. The molecule has 0 saturated carbocycles. The predicted molar refractivity (Wildman–Crippen MR) is 114 cm³/mol. The summed E-state index contributed by atoms with van der Waals surface area (Å²) in [5.41, 5.74) is 3.02. The molecule has 3 aromatic carbocycles. The zero-order valence-electron chi connectivity index (χ0n) is 16.6. The van der Waals surface area contributed by atoms with Gasteiger partial charge in [0.1, 0.15) is 5.75 Å². The highest BCUT2D eigenvalue weighted by atomic mass is 16.5. The SMILES string of the molecule is COC(=O)c1ccc(C=CC(=O)c2ccc(OC(=O)c3ccccc3C)cc2)cc1. The van der Waals surface area contributed by atoms with E-state index in [9.17, 15) is 14.4 Å². The van der Waals surface area contributed by atoms with Crippen molar-refractivity contribution >= 4 is 23.8 Å². The third kappa shape index (κ3) is 5.08. The number of hydrogen-bond donors (Lipinski definition) is 0. The van der Waals surface area contributed by atoms with E-state index in [0.717, 1.165) is 11.1 Å². The fourth-order valence-corrected chi connectivity index (χ4v) is 2.77. The highest BCUT2D eigenvalue weighted by Crippen LogP contribution is 2.17. The van der Waals surface area contributed by atoms with E-state index in [4.69, 9.17) is 4.74 Å². The first kappa shape index (κ1) is 20.7. The summed E-state index contributed by atoms with van der Waals surface area (Å²) in [6, 6.07) is 20.3. The normalized spacial score (nSPS) is 10.6. The van der Waals surface area contributed by atoms with Crippen molar-refractivity contribution in [3.63, 3.8) is 0 Å². The largest absolute Gasteiger partial charge is 0.465 e. The molecule has 0 aliphatic rings. The summed E-state index contributed by atoms with van der Waals surface area (Å²) in [5, 5.41) is 0. The maximum atomic E-state index is 12.4. The van der Waals surface area contributed by atoms with E-state index in [2.05, 4.69) is 4.74 Å². The average Bonchev–Trinajstić information content (AvgIpc) is 2.78. The molecule has 150 valence electrons. The summed E-state index contributed by atoms with van der Waals surface area (Å²) in [6.07, 6.45) is 3.11. The molecule has 0 unspecified atom stereocenters. The molecule has 5 nitrogen and oxygen atoms in total. The van der Waals surface area contributed by atoms with Gasteiger partial charge in [0.15, 0.2) is 5.78 Å². The minimum Gasteiger partial charge on any atom is -0.465 e. The van der Waals surface area contributed by atoms with Gasteiger partial charge in [-0.1, -0.05) is 36.4 Å². The van der Waals surface area contributed by atoms with Gasteiger partial charge in [0.2, 0.25) is 0 Å². The molecule has 0 aliphatic carbocycles. The quantitative estimate of drug-likeness (QED) is 0.255. The van der Waals surface area contributed by atoms with Gasteiger partial charge < -0.3 is 9.47 Å². The lowest BCUT2D eigenvalue weighted by Crippen LogP contribution is -2.10. The van der Waals surface area contributed by atoms with E-state index in [1.54, 1.807) is 66.7 Å². The van der Waals surface area contributed by atoms with Crippen LogP contribution in [0.1, 0.15) is 42.2 Å². The first-order chi connectivity index (χ1) is 14.5. The second-order valence-electron chi connectivity index (χ2n) is 6.54. The summed E-state index contributed by atoms with van der Waals surface area (Å²) in [5.74, 6) is -0.682. The molecule has 30 heavy (non-hydrogen) atoms. The Kier molecular flexibility index (Phi) is 6.55. The first-order valence-corrected chi connectivity index (χ1v) is 9.26. The molecule has 3 rings (SSSR count). The summed E-state index contributed by atoms with van der Waals surface area (Å²) in [6.45, 7) is 1.84. The second kappa shape index (κ2) is 9.47. The lowest BCUT2D eigenvalue weighted by molar-refractivity contribution is 0.0600. The third-order valence-corrected chi connectivity index (χ3v) is 4.47. The van der Waals surface area contributed by atoms with E-state index in [0.29, 0.717) is 22.4 Å². The van der Waals surface area contributed by atoms with E-state index < -0.39 is 11.9 Å². The van der Waals surface area contributed by atoms with Crippen molar-refractivity contribution in [3.05, 3.63) is 107 Å². The van der Waals surface area contributed by atoms with Gasteiger partial charge in [-0.05, 0) is 66.6 Å². The van der Waals surface area contributed by atoms with Crippen LogP contribution >= 0.6 is 0 Å². The number of benzene rings is 3. The number of aryl methyl sites for hydroxylation is 1. The molecule has 0 bridgehead atoms. The highest BCUT2D eigenvalue weighted by Gasteiger charge is 2.11. The molecule has 0 saturated heterocycles. The van der Waals surface area contributed by atoms with Crippen molar-refractivity contribution in [3.8, 4) is 5.75 Å². The number of rotatable bonds is 6. The maximum Gasteiger partial charge on any atom is 0.343 e. The lowest BCUT2D eigenvalue weighted by Gasteiger charge is -2.07. The van der Waals surface area contributed by atoms with Crippen molar-refractivity contribution in [1.82, 2.24) is 0 Å². The van der Waals surface area contributed by atoms with E-state index >= 15 is 0 Å². The molecular formula is C25H20O5. The standard InChI is InChI=1S/C25H20O5/c1-17-5-3-4-6-22(17)25(28)30-21-14-12-19(13-15-21)23(26)16-9-18-7-10-20(11-8-18)24(27)29-2/h3-16H,1-2H3. The third-order valence-electron chi connectivity index (χ3n) is 4.47. The number of esters is 2. The fraction of sp³-hybridized carbons (Fsp3) is 0.0800. The predicted octanol–water partition coefficient (Wildman–Crippen LogP) is 4.90. The zero-order valence-corrected chi connectivity index (χ0v) is 16.6. The summed E-state index contributed by atoms with van der Waals surface area (Å²) >= 11 is 0. The van der Waals surface area contributed by atoms with Crippen molar-refractivity contribution < 1.29 is 23.9 Å². The molecule has 0 spiro atoms. The van der Waals surface area contributed by atoms with Crippen LogP contribution in [0.25, 0.3) is 6.08 Å². The summed E-state index contributed by atoms with van der Waals surface area (Å²) < 4.78 is 10.0. The number of ether oxygens (including phenoxy) is 2. The Bertz CT molecular complexity index is 1090. The van der Waals surface area contributed by atoms with E-state index in [1.165, 1.54) is 13.2 Å². The Labute approximate surface area is 174 Å². The van der Waals surface area contributed by atoms with E-state index in [-0.39, 0.29) is 5.78 Å². The van der Waals surface area contributed by atoms with Crippen LogP contribution in [-0.2, 0) is 4.74 Å². The molecule has 3 aromatic rings. The van der Waals surface area contributed by atoms with Gasteiger partial charge in [0.05, 0.1) is 18.2 Å². The smallest absolute Gasteiger partial charge is 0.343 e. The lowest BCUT2D eigenvalue weighted by atomic mass is 10.1. The summed E-state index contributed by atoms with van der Waals surface area (Å²) in [7, 11) is 1.32. The van der Waals surface area contributed by atoms with Crippen LogP contribution in [-0.4, -0.2) is 24.8 Å². The van der Waals surface area contributed by atoms with Gasteiger partial charge in [-0.3, -0.25) is 4.79 Å². The Morgan fingerprint density at radius 1 is 0.767 bits per heavy atom. The van der Waals surface area contributed by atoms with Crippen molar-refractivity contribution in [1.29, 1.82) is 0 Å². The molecule has 0 heterocycles. The number of ketones is 1. The van der Waals surface area contributed by atoms with Gasteiger partial charge >= 0.3 is 11.9 Å². The Morgan fingerprint density at radius 2 is 1.40 bits per heavy atom. The van der Waals surface area contributed by atoms with E-state index in [1.807, 2.05) is 19.1 Å². The van der Waals surface area contributed by atoms with Crippen molar-refractivity contribution in [2.45, 2.75) is 6.92 Å². The second-order valence-corrected chi connectivity index (χ2v) is 6.54. The average molecular weight is 400 g/mol. The molecule has 0 atom stereocenters. The molecule has 0 radical (unpaired) electrons. The monoisotopic (exact) mass is 400 g/mol. The number of allylic oxidation sites excluding steroid dienone is 1. The highest BCUT2D eigenvalue weighted by molar-refractivity contribution is 6.07. The van der Waals surface area contributed by atoms with Crippen LogP contribution in [0.15, 0.2) is 78.9 Å². The summed E-state index contributed by atoms with van der Waals surface area (Å²) in [4.78, 5) is 36.1. The molecule has 0 aliphatic heterocycles. The van der Waals surface area contributed by atoms with Gasteiger partial charge in [-0.25, -0.2) is 9.59 Å². The number of carbonyl (C=O) groups is 3. The maximum absolute atomic E-state index is 12.4. The molecule has 0 fully saturated rings. The van der Waals surface area contributed by atoms with Crippen LogP contribution in [0.2, 0.25) is 0 Å². The topological polar surface area (TPSA) is 69.7 Å². The van der Waals surface area contributed by atoms with Gasteiger partial charge in [-0.15, -0.1) is 0 Å². The Morgan fingerprint density at radius 3 is 2.03 bits per heavy atom. The van der Waals surface area contributed by atoms with Gasteiger partial charge in [0, 0.05) is 5.56 Å². The van der Waals surface area contributed by atoms with Crippen LogP contribution in [0.5, 0.6) is 5.75 Å². The fourth-order valence-electron chi connectivity index (χ4n) is 2.77. The van der Waals surface area contributed by atoms with Crippen LogP contribution in [0, 0.1) is 6.92 Å². The zero-order chi connectivity index (χ0) is 21.5. The number of carbonyl (C=O) groups excluding carboxylic acids is 3. The van der Waals surface area contributed by atoms with Crippen LogP contribution in [0.4, 0.5) is 0 Å². The first-order valence-electron chi connectivity index (χ1n) is 9.26. The van der Waals surface area contributed by atoms with Crippen molar-refractivity contribution in [2.24, 2.45) is 0 Å². The molecule has 0 amide bonds. The molecule has 0 N–H and O–H groups in total. The van der Waals surface area contributed by atoms with Crippen LogP contribution < -0.4 is 4.74 Å². The van der Waals surface area contributed by atoms with Gasteiger partial charge in [-0.2, -0.15) is 0 Å². The minimum absolute atomic E-state index is 0.191.